The fourth-order valence-electron chi connectivity index (χ4n) is 4.73. The molecule has 1 aromatic rings. The van der Waals surface area contributed by atoms with Crippen molar-refractivity contribution in [2.45, 2.75) is 131 Å². The number of aryl methyl sites for hydroxylation is 1. The zero-order chi connectivity index (χ0) is 32.5. The Hall–Kier alpha value is -1.87. The maximum Gasteiger partial charge on any atom is 0.309 e. The molecule has 238 valence electrons. The number of hydrogen-bond donors (Lipinski definition) is 1. The maximum atomic E-state index is 14.0. The summed E-state index contributed by atoms with van der Waals surface area (Å²) < 4.78 is 12.8. The van der Waals surface area contributed by atoms with Crippen molar-refractivity contribution < 1.29 is 23.9 Å². The van der Waals surface area contributed by atoms with Gasteiger partial charge in [0.25, 0.3) is 0 Å². The molecule has 0 aliphatic heterocycles. The Morgan fingerprint density at radius 1 is 1.14 bits per heavy atom. The van der Waals surface area contributed by atoms with Crippen LogP contribution in [0.1, 0.15) is 98.2 Å². The molecule has 42 heavy (non-hydrogen) atoms. The number of nitrogens with zero attached hydrogens (tertiary/aromatic N) is 1. The minimum atomic E-state index is -2.39. The molecule has 8 heteroatoms. The fourth-order valence-corrected chi connectivity index (χ4v) is 6.75. The van der Waals surface area contributed by atoms with Crippen LogP contribution >= 0.6 is 11.3 Å². The van der Waals surface area contributed by atoms with Crippen LogP contribution in [0.3, 0.4) is 0 Å². The minimum absolute atomic E-state index is 0.0413. The van der Waals surface area contributed by atoms with Gasteiger partial charge in [0.05, 0.1) is 29.3 Å². The van der Waals surface area contributed by atoms with Crippen molar-refractivity contribution in [2.24, 2.45) is 17.3 Å². The summed E-state index contributed by atoms with van der Waals surface area (Å²) in [5, 5.41) is 13.9. The average Bonchev–Trinajstić information content (AvgIpc) is 3.29. The monoisotopic (exact) mass is 619 g/mol. The quantitative estimate of drug-likeness (QED) is 0.0766. The molecular weight excluding hydrogens is 563 g/mol. The topological polar surface area (TPSA) is 85.7 Å². The highest BCUT2D eigenvalue weighted by atomic mass is 32.1. The van der Waals surface area contributed by atoms with E-state index in [4.69, 9.17) is 9.16 Å². The number of carbonyl (C=O) groups excluding carboxylic acids is 2. The Labute approximate surface area is 260 Å². The van der Waals surface area contributed by atoms with E-state index in [-0.39, 0.29) is 23.2 Å². The van der Waals surface area contributed by atoms with Gasteiger partial charge >= 0.3 is 5.97 Å². The Morgan fingerprint density at radius 2 is 1.76 bits per heavy atom. The largest absolute Gasteiger partial charge is 0.457 e. The van der Waals surface area contributed by atoms with Gasteiger partial charge < -0.3 is 14.3 Å². The summed E-state index contributed by atoms with van der Waals surface area (Å²) in [5.74, 6) is -1.19. The van der Waals surface area contributed by atoms with Crippen LogP contribution in [0.25, 0.3) is 6.08 Å². The normalized spacial score (nSPS) is 16.7. The Morgan fingerprint density at radius 3 is 2.26 bits per heavy atom. The molecule has 6 nitrogen and oxygen atoms in total. The number of aliphatic hydroxyl groups excluding tert-OH is 1. The van der Waals surface area contributed by atoms with Crippen LogP contribution in [-0.4, -0.2) is 48.5 Å². The second-order valence-electron chi connectivity index (χ2n) is 13.8. The number of carbonyl (C=O) groups is 2. The van der Waals surface area contributed by atoms with E-state index in [9.17, 15) is 14.7 Å². The van der Waals surface area contributed by atoms with Crippen molar-refractivity contribution >= 4 is 37.5 Å². The number of rotatable bonds is 18. The van der Waals surface area contributed by atoms with Crippen LogP contribution in [0.15, 0.2) is 36.3 Å². The summed E-state index contributed by atoms with van der Waals surface area (Å²) >= 11 is 1.57. The molecule has 0 bridgehead atoms. The number of aliphatic hydroxyl groups is 1. The van der Waals surface area contributed by atoms with E-state index in [1.807, 2.05) is 52.2 Å². The van der Waals surface area contributed by atoms with Crippen LogP contribution in [0.2, 0.25) is 18.1 Å². The lowest BCUT2D eigenvalue weighted by atomic mass is 9.73. The predicted molar refractivity (Wildman–Crippen MR) is 179 cm³/mol. The van der Waals surface area contributed by atoms with Crippen LogP contribution < -0.4 is 0 Å². The lowest BCUT2D eigenvalue weighted by molar-refractivity contribution is -0.153. The highest BCUT2D eigenvalue weighted by molar-refractivity contribution is 7.09. The summed E-state index contributed by atoms with van der Waals surface area (Å²) in [6.45, 7) is 29.6. The van der Waals surface area contributed by atoms with Crippen LogP contribution in [-0.2, 0) is 18.8 Å². The minimum Gasteiger partial charge on any atom is -0.457 e. The zero-order valence-electron chi connectivity index (χ0n) is 28.1. The second-order valence-corrected chi connectivity index (χ2v) is 19.6. The van der Waals surface area contributed by atoms with E-state index in [1.54, 1.807) is 24.3 Å². The third-order valence-corrected chi connectivity index (χ3v) is 14.1. The summed E-state index contributed by atoms with van der Waals surface area (Å²) in [7, 11) is -2.39. The highest BCUT2D eigenvalue weighted by Gasteiger charge is 2.48. The molecule has 0 aliphatic rings. The van der Waals surface area contributed by atoms with Gasteiger partial charge in [-0.1, -0.05) is 60.6 Å². The van der Waals surface area contributed by atoms with Gasteiger partial charge in [-0.3, -0.25) is 9.59 Å². The number of thiazole rings is 1. The number of ether oxygens (including phenoxy) is 1. The maximum absolute atomic E-state index is 14.0. The van der Waals surface area contributed by atoms with Crippen molar-refractivity contribution in [1.29, 1.82) is 0 Å². The van der Waals surface area contributed by atoms with Crippen molar-refractivity contribution in [2.75, 3.05) is 0 Å². The van der Waals surface area contributed by atoms with Gasteiger partial charge in [0.1, 0.15) is 11.9 Å². The first-order valence-corrected chi connectivity index (χ1v) is 19.0. The summed E-state index contributed by atoms with van der Waals surface area (Å²) in [6.07, 6.45) is 6.52. The van der Waals surface area contributed by atoms with Gasteiger partial charge in [-0.05, 0) is 68.8 Å². The van der Waals surface area contributed by atoms with Crippen molar-refractivity contribution in [3.05, 3.63) is 47.0 Å². The van der Waals surface area contributed by atoms with Crippen LogP contribution in [0, 0.1) is 24.2 Å². The summed E-state index contributed by atoms with van der Waals surface area (Å²) in [5.41, 5.74) is 0.664. The first-order chi connectivity index (χ1) is 19.3. The van der Waals surface area contributed by atoms with Crippen molar-refractivity contribution in [3.8, 4) is 0 Å². The van der Waals surface area contributed by atoms with Crippen molar-refractivity contribution in [3.63, 3.8) is 0 Å². The van der Waals surface area contributed by atoms with Gasteiger partial charge in [-0.25, -0.2) is 4.98 Å². The van der Waals surface area contributed by atoms with Gasteiger partial charge in [-0.2, -0.15) is 0 Å². The second kappa shape index (κ2) is 16.3. The smallest absolute Gasteiger partial charge is 0.309 e. The molecule has 1 aromatic heterocycles. The first-order valence-electron chi connectivity index (χ1n) is 15.2. The lowest BCUT2D eigenvalue weighted by Crippen LogP contribution is -2.52. The standard InChI is InChI=1S/C34H57NO5SSi/c1-14-16-17-19-23(3)31(37)25(5)32(38)34(10,11)29(40-42(12,13)33(7,8)9)21-30(36)39-28(18-15-2)24(4)20-27-22-41-26(6)35-27/h14-15,20,22-23,25,28-29,31,37H,1-2,16-19,21H2,3-13H3/b24-20+/t23?,25?,28-,29?,31?/m0/s1. The number of Topliss-reactive ketones (excluding diaryl/α,β-unsaturated/α-hetero) is 1. The molecule has 4 unspecified atom stereocenters. The Kier molecular flexibility index (Phi) is 14.8. The predicted octanol–water partition coefficient (Wildman–Crippen LogP) is 8.71. The molecule has 0 aromatic carbocycles. The highest BCUT2D eigenvalue weighted by Crippen LogP contribution is 2.42. The third-order valence-electron chi connectivity index (χ3n) is 8.79. The molecule has 0 spiro atoms. The summed E-state index contributed by atoms with van der Waals surface area (Å²) in [4.78, 5) is 32.0. The molecule has 0 aliphatic carbocycles. The van der Waals surface area contributed by atoms with E-state index < -0.39 is 43.9 Å². The Bertz CT molecular complexity index is 1080. The first kappa shape index (κ1) is 38.2. The number of aromatic nitrogens is 1. The molecule has 1 N–H and O–H groups in total. The van der Waals surface area contributed by atoms with E-state index in [2.05, 4.69) is 52.0 Å². The molecule has 0 saturated heterocycles. The van der Waals surface area contributed by atoms with Crippen LogP contribution in [0.5, 0.6) is 0 Å². The molecular formula is C34H57NO5SSi. The molecule has 0 radical (unpaired) electrons. The van der Waals surface area contributed by atoms with E-state index in [0.717, 1.165) is 35.5 Å². The Balaban J connectivity index is 3.28. The van der Waals surface area contributed by atoms with Gasteiger partial charge in [0, 0.05) is 23.1 Å². The molecule has 0 saturated carbocycles. The number of hydrogen-bond acceptors (Lipinski definition) is 7. The molecule has 0 fully saturated rings. The van der Waals surface area contributed by atoms with Crippen molar-refractivity contribution in [1.82, 2.24) is 4.98 Å². The zero-order valence-corrected chi connectivity index (χ0v) is 29.9. The molecule has 1 rings (SSSR count). The van der Waals surface area contributed by atoms with Gasteiger partial charge in [0.15, 0.2) is 8.32 Å². The number of esters is 1. The SMILES string of the molecule is C=CCCCC(C)C(O)C(C)C(=O)C(C)(C)C(CC(=O)O[C@@H](CC=C)/C(C)=C/c1csc(C)n1)O[Si](C)(C)C(C)(C)C. The number of ketones is 1. The number of allylic oxidation sites excluding steroid dienone is 1. The van der Waals surface area contributed by atoms with Crippen LogP contribution in [0.4, 0.5) is 0 Å². The molecule has 0 amide bonds. The van der Waals surface area contributed by atoms with Gasteiger partial charge in [-0.15, -0.1) is 24.5 Å². The summed E-state index contributed by atoms with van der Waals surface area (Å²) in [6, 6.07) is 0. The number of unbranched alkanes of at least 4 members (excludes halogenated alkanes) is 1. The third kappa shape index (κ3) is 11.0. The van der Waals surface area contributed by atoms with Gasteiger partial charge in [0.2, 0.25) is 0 Å². The average molecular weight is 620 g/mol. The van der Waals surface area contributed by atoms with E-state index in [0.29, 0.717) is 6.42 Å². The molecule has 1 heterocycles. The lowest BCUT2D eigenvalue weighted by Gasteiger charge is -2.44. The fraction of sp³-hybridized carbons (Fsp3) is 0.676. The van der Waals surface area contributed by atoms with E-state index in [1.165, 1.54) is 0 Å². The molecule has 5 atom stereocenters. The van der Waals surface area contributed by atoms with E-state index >= 15 is 0 Å².